The molecule has 162 valence electrons. The minimum Gasteiger partial charge on any atom is -0.351 e. The number of para-hydroxylation sites is 1. The van der Waals surface area contributed by atoms with E-state index in [1.54, 1.807) is 0 Å². The summed E-state index contributed by atoms with van der Waals surface area (Å²) in [4.78, 5) is 12.7. The number of amidine groups is 1. The Morgan fingerprint density at radius 2 is 1.41 bits per heavy atom. The third kappa shape index (κ3) is 5.27. The van der Waals surface area contributed by atoms with Gasteiger partial charge in [-0.3, -0.25) is 9.34 Å². The van der Waals surface area contributed by atoms with Gasteiger partial charge in [0.25, 0.3) is 0 Å². The molecule has 0 aliphatic carbocycles. The van der Waals surface area contributed by atoms with E-state index in [-0.39, 0.29) is 0 Å². The van der Waals surface area contributed by atoms with Gasteiger partial charge in [0.15, 0.2) is 5.58 Å². The number of piperazine rings is 2. The quantitative estimate of drug-likeness (QED) is 0.387. The lowest BCUT2D eigenvalue weighted by Crippen LogP contribution is -2.52. The highest BCUT2D eigenvalue weighted by Crippen LogP contribution is 2.55. The normalized spacial score (nSPS) is 22.8. The zero-order valence-electron chi connectivity index (χ0n) is 18.5. The van der Waals surface area contributed by atoms with Crippen molar-refractivity contribution >= 4 is 29.4 Å². The number of rotatable bonds is 6. The van der Waals surface area contributed by atoms with Gasteiger partial charge in [0, 0.05) is 52.4 Å². The molecule has 2 fully saturated rings. The summed E-state index contributed by atoms with van der Waals surface area (Å²) in [6.07, 6.45) is -2.15. The van der Waals surface area contributed by atoms with Gasteiger partial charge in [0.2, 0.25) is 0 Å². The van der Waals surface area contributed by atoms with E-state index < -0.39 is 6.34 Å². The molecule has 1 aromatic carbocycles. The van der Waals surface area contributed by atoms with E-state index in [2.05, 4.69) is 76.2 Å². The lowest BCUT2D eigenvalue weighted by Gasteiger charge is -2.47. The van der Waals surface area contributed by atoms with Crippen molar-refractivity contribution in [1.82, 2.24) is 24.0 Å². The first-order valence-corrected chi connectivity index (χ1v) is 13.6. The van der Waals surface area contributed by atoms with E-state index in [9.17, 15) is 0 Å². The van der Waals surface area contributed by atoms with Gasteiger partial charge in [-0.05, 0) is 39.3 Å². The number of aliphatic imine (C=N–C) groups is 1. The Kier molecular flexibility index (Phi) is 8.25. The molecule has 2 saturated heterocycles. The molecule has 0 radical (unpaired) electrons. The van der Waals surface area contributed by atoms with E-state index in [1.165, 1.54) is 0 Å². The zero-order valence-corrected chi connectivity index (χ0v) is 20.2. The summed E-state index contributed by atoms with van der Waals surface area (Å²) in [7, 11) is 4.30. The molecule has 0 spiro atoms. The molecule has 2 heterocycles. The van der Waals surface area contributed by atoms with Gasteiger partial charge >= 0.3 is 0 Å². The number of hydrogen-bond acceptors (Lipinski definition) is 4. The summed E-state index contributed by atoms with van der Waals surface area (Å²) in [5.74, 6) is 0. The zero-order chi connectivity index (χ0) is 20.9. The van der Waals surface area contributed by atoms with Gasteiger partial charge in [-0.15, -0.1) is 0 Å². The molecule has 2 aliphatic heterocycles. The molecular formula is C21H37N6PS. The second-order valence-corrected chi connectivity index (χ2v) is 12.3. The molecule has 0 amide bonds. The van der Waals surface area contributed by atoms with Crippen LogP contribution < -0.4 is 0 Å². The van der Waals surface area contributed by atoms with Crippen LogP contribution >= 0.6 is 6.34 Å². The Balaban J connectivity index is 1.96. The monoisotopic (exact) mass is 436 g/mol. The molecule has 8 heteroatoms. The standard InChI is InChI=1S/C21H37N6PS/c1-5-24-12-16-26(17-13-24)21(22-20-10-8-7-9-11-20)28(29,23(3)4)27-18-14-25(6-2)15-19-27/h7-11H,5-6,12-19H2,1-4H3/t28-/m0/s1. The lowest BCUT2D eigenvalue weighted by atomic mass is 10.3. The van der Waals surface area contributed by atoms with Crippen molar-refractivity contribution in [2.45, 2.75) is 13.8 Å². The van der Waals surface area contributed by atoms with Crippen molar-refractivity contribution in [1.29, 1.82) is 0 Å². The van der Waals surface area contributed by atoms with Crippen LogP contribution in [0.4, 0.5) is 5.69 Å². The molecule has 3 rings (SSSR count). The summed E-state index contributed by atoms with van der Waals surface area (Å²) in [6, 6.07) is 10.3. The van der Waals surface area contributed by atoms with E-state index >= 15 is 0 Å². The minimum atomic E-state index is -2.15. The number of likely N-dealkylation sites (N-methyl/N-ethyl adjacent to an activating group) is 2. The van der Waals surface area contributed by atoms with Crippen molar-refractivity contribution in [2.75, 3.05) is 79.5 Å². The van der Waals surface area contributed by atoms with Gasteiger partial charge in [0.1, 0.15) is 6.34 Å². The topological polar surface area (TPSA) is 28.6 Å². The Morgan fingerprint density at radius 3 is 1.90 bits per heavy atom. The Labute approximate surface area is 182 Å². The van der Waals surface area contributed by atoms with Crippen molar-refractivity contribution < 1.29 is 0 Å². The van der Waals surface area contributed by atoms with Crippen LogP contribution in [0.5, 0.6) is 0 Å². The SMILES string of the molecule is CCN1CCN(C(=Nc2ccccc2)[P@](=S)(N(C)C)N2CCN(CC)CC2)CC1. The summed E-state index contributed by atoms with van der Waals surface area (Å²) in [5, 5.41) is 0. The van der Waals surface area contributed by atoms with Crippen LogP contribution in [0.25, 0.3) is 0 Å². The van der Waals surface area contributed by atoms with Crippen molar-refractivity contribution in [3.8, 4) is 0 Å². The van der Waals surface area contributed by atoms with Gasteiger partial charge in [-0.25, -0.2) is 4.99 Å². The first-order chi connectivity index (χ1) is 14.0. The number of hydrogen-bond donors (Lipinski definition) is 0. The molecule has 0 bridgehead atoms. The molecule has 1 atom stereocenters. The average Bonchev–Trinajstić information content (AvgIpc) is 2.77. The van der Waals surface area contributed by atoms with Crippen LogP contribution in [0.15, 0.2) is 35.3 Å². The Bertz CT molecular complexity index is 709. The van der Waals surface area contributed by atoms with E-state index in [4.69, 9.17) is 16.8 Å². The van der Waals surface area contributed by atoms with Crippen molar-refractivity contribution in [2.24, 2.45) is 4.99 Å². The molecule has 2 aliphatic rings. The first-order valence-electron chi connectivity index (χ1n) is 10.9. The second kappa shape index (κ2) is 10.5. The Morgan fingerprint density at radius 1 is 0.897 bits per heavy atom. The molecule has 0 aromatic heterocycles. The fraction of sp³-hybridized carbons (Fsp3) is 0.667. The molecule has 29 heavy (non-hydrogen) atoms. The van der Waals surface area contributed by atoms with Crippen LogP contribution in [0, 0.1) is 0 Å². The van der Waals surface area contributed by atoms with Crippen LogP contribution in [0.3, 0.4) is 0 Å². The highest BCUT2D eigenvalue weighted by atomic mass is 32.4. The van der Waals surface area contributed by atoms with Crippen LogP contribution in [0.2, 0.25) is 0 Å². The maximum absolute atomic E-state index is 6.54. The predicted molar refractivity (Wildman–Crippen MR) is 129 cm³/mol. The molecule has 0 saturated carbocycles. The van der Waals surface area contributed by atoms with Gasteiger partial charge in [0.05, 0.1) is 5.69 Å². The summed E-state index contributed by atoms with van der Waals surface area (Å²) in [6.45, 7) is 15.1. The molecular weight excluding hydrogens is 399 g/mol. The largest absolute Gasteiger partial charge is 0.351 e. The van der Waals surface area contributed by atoms with Crippen molar-refractivity contribution in [3.05, 3.63) is 30.3 Å². The summed E-state index contributed by atoms with van der Waals surface area (Å²) in [5.41, 5.74) is 2.12. The minimum absolute atomic E-state index is 1.00. The van der Waals surface area contributed by atoms with Crippen molar-refractivity contribution in [3.63, 3.8) is 0 Å². The maximum atomic E-state index is 6.54. The third-order valence-electron chi connectivity index (χ3n) is 6.07. The smallest absolute Gasteiger partial charge is 0.167 e. The predicted octanol–water partition coefficient (Wildman–Crippen LogP) is 2.82. The summed E-state index contributed by atoms with van der Waals surface area (Å²) < 4.78 is 4.85. The first kappa shape index (κ1) is 22.9. The summed E-state index contributed by atoms with van der Waals surface area (Å²) >= 11 is 6.54. The van der Waals surface area contributed by atoms with Gasteiger partial charge in [-0.1, -0.05) is 43.9 Å². The highest BCUT2D eigenvalue weighted by molar-refractivity contribution is 8.20. The van der Waals surface area contributed by atoms with Crippen LogP contribution in [-0.4, -0.2) is 109 Å². The second-order valence-electron chi connectivity index (χ2n) is 7.95. The van der Waals surface area contributed by atoms with Gasteiger partial charge < -0.3 is 14.7 Å². The molecule has 0 unspecified atom stereocenters. The fourth-order valence-corrected chi connectivity index (χ4v) is 7.70. The van der Waals surface area contributed by atoms with Gasteiger partial charge in [-0.2, -0.15) is 0 Å². The maximum Gasteiger partial charge on any atom is 0.167 e. The molecule has 0 N–H and O–H groups in total. The Hall–Kier alpha value is -0.820. The number of nitrogens with zero attached hydrogens (tertiary/aromatic N) is 6. The van der Waals surface area contributed by atoms with E-state index in [0.717, 1.165) is 76.7 Å². The third-order valence-corrected chi connectivity index (χ3v) is 11.4. The molecule has 6 nitrogen and oxygen atoms in total. The molecule has 1 aromatic rings. The number of benzene rings is 1. The van der Waals surface area contributed by atoms with Crippen LogP contribution in [0.1, 0.15) is 13.8 Å². The van der Waals surface area contributed by atoms with E-state index in [1.807, 2.05) is 6.07 Å². The lowest BCUT2D eigenvalue weighted by molar-refractivity contribution is 0.187. The van der Waals surface area contributed by atoms with Crippen LogP contribution in [-0.2, 0) is 11.8 Å². The highest BCUT2D eigenvalue weighted by Gasteiger charge is 2.39. The fourth-order valence-electron chi connectivity index (χ4n) is 4.09. The average molecular weight is 437 g/mol. The van der Waals surface area contributed by atoms with E-state index in [0.29, 0.717) is 0 Å².